The minimum Gasteiger partial charge on any atom is -0.462 e. The standard InChI is InChI=1S/C57H96O6/c1-4-7-10-13-16-19-22-24-26-28-30-32-35-37-40-43-46-49-55(58)61-52-54(63-57(60)51-48-45-42-39-34-21-18-15-12-9-6-3)53-62-56(59)50-47-44-41-38-36-33-31-29-27-25-23-20-17-14-11-8-5-2/h15-16,18-19,24-27,30-33,38,41,54H,4-14,17,20-23,28-29,34-37,39-40,42-53H2,1-3H3/b18-15-,19-16-,26-24-,27-25-,32-30-,33-31-,41-38-/t54-/m1/s1. The van der Waals surface area contributed by atoms with Gasteiger partial charge in [0.2, 0.25) is 0 Å². The van der Waals surface area contributed by atoms with E-state index in [4.69, 9.17) is 14.2 Å². The average molecular weight is 877 g/mol. The third kappa shape index (κ3) is 49.5. The van der Waals surface area contributed by atoms with Gasteiger partial charge in [0.15, 0.2) is 6.10 Å². The Kier molecular flexibility index (Phi) is 48.5. The molecule has 0 spiro atoms. The second-order valence-electron chi connectivity index (χ2n) is 17.1. The highest BCUT2D eigenvalue weighted by atomic mass is 16.6. The maximum atomic E-state index is 12.8. The molecule has 0 saturated carbocycles. The summed E-state index contributed by atoms with van der Waals surface area (Å²) in [5.41, 5.74) is 0. The molecule has 0 aromatic rings. The number of rotatable bonds is 46. The molecule has 0 heterocycles. The van der Waals surface area contributed by atoms with Gasteiger partial charge in [0, 0.05) is 19.3 Å². The van der Waals surface area contributed by atoms with Gasteiger partial charge >= 0.3 is 17.9 Å². The average Bonchev–Trinajstić information content (AvgIpc) is 3.28. The van der Waals surface area contributed by atoms with Gasteiger partial charge in [-0.25, -0.2) is 0 Å². The van der Waals surface area contributed by atoms with E-state index >= 15 is 0 Å². The van der Waals surface area contributed by atoms with Crippen LogP contribution in [0.25, 0.3) is 0 Å². The zero-order chi connectivity index (χ0) is 45.8. The number of hydrogen-bond acceptors (Lipinski definition) is 6. The maximum absolute atomic E-state index is 12.8. The van der Waals surface area contributed by atoms with Crippen molar-refractivity contribution < 1.29 is 28.6 Å². The summed E-state index contributed by atoms with van der Waals surface area (Å²) in [6.45, 7) is 6.49. The van der Waals surface area contributed by atoms with Crippen molar-refractivity contribution in [2.45, 2.75) is 245 Å². The summed E-state index contributed by atoms with van der Waals surface area (Å²) in [5.74, 6) is -0.993. The van der Waals surface area contributed by atoms with Crippen LogP contribution in [-0.4, -0.2) is 37.2 Å². The van der Waals surface area contributed by atoms with E-state index in [1.165, 1.54) is 96.3 Å². The molecule has 6 nitrogen and oxygen atoms in total. The van der Waals surface area contributed by atoms with Crippen molar-refractivity contribution in [2.75, 3.05) is 13.2 Å². The highest BCUT2D eigenvalue weighted by molar-refractivity contribution is 5.71. The summed E-state index contributed by atoms with van der Waals surface area (Å²) >= 11 is 0. The summed E-state index contributed by atoms with van der Waals surface area (Å²) in [7, 11) is 0. The molecule has 0 aliphatic heterocycles. The predicted molar refractivity (Wildman–Crippen MR) is 270 cm³/mol. The van der Waals surface area contributed by atoms with E-state index in [9.17, 15) is 14.4 Å². The minimum atomic E-state index is -0.810. The van der Waals surface area contributed by atoms with Crippen LogP contribution in [0.1, 0.15) is 239 Å². The quantitative estimate of drug-likeness (QED) is 0.0262. The highest BCUT2D eigenvalue weighted by Crippen LogP contribution is 2.12. The number of unbranched alkanes of at least 4 members (excludes halogenated alkanes) is 21. The topological polar surface area (TPSA) is 78.9 Å². The molecule has 0 aliphatic carbocycles. The molecule has 0 radical (unpaired) electrons. The van der Waals surface area contributed by atoms with Gasteiger partial charge in [-0.3, -0.25) is 14.4 Å². The molecule has 0 N–H and O–H groups in total. The number of allylic oxidation sites excluding steroid dienone is 14. The second kappa shape index (κ2) is 51.2. The predicted octanol–water partition coefficient (Wildman–Crippen LogP) is 17.2. The van der Waals surface area contributed by atoms with Gasteiger partial charge in [-0.1, -0.05) is 196 Å². The van der Waals surface area contributed by atoms with Crippen LogP contribution in [-0.2, 0) is 28.6 Å². The number of esters is 3. The molecule has 0 bridgehead atoms. The minimum absolute atomic E-state index is 0.108. The molecule has 0 saturated heterocycles. The van der Waals surface area contributed by atoms with Gasteiger partial charge < -0.3 is 14.2 Å². The van der Waals surface area contributed by atoms with Crippen LogP contribution in [0.5, 0.6) is 0 Å². The van der Waals surface area contributed by atoms with E-state index in [0.717, 1.165) is 96.3 Å². The van der Waals surface area contributed by atoms with Crippen molar-refractivity contribution in [1.29, 1.82) is 0 Å². The van der Waals surface area contributed by atoms with Crippen molar-refractivity contribution in [3.05, 3.63) is 85.1 Å². The number of hydrogen-bond donors (Lipinski definition) is 0. The van der Waals surface area contributed by atoms with E-state index in [1.54, 1.807) is 0 Å². The zero-order valence-electron chi connectivity index (χ0n) is 41.1. The van der Waals surface area contributed by atoms with Crippen LogP contribution in [0.15, 0.2) is 85.1 Å². The first-order valence-corrected chi connectivity index (χ1v) is 26.1. The summed E-state index contributed by atoms with van der Waals surface area (Å²) in [4.78, 5) is 37.9. The summed E-state index contributed by atoms with van der Waals surface area (Å²) in [5, 5.41) is 0. The van der Waals surface area contributed by atoms with Crippen LogP contribution in [0, 0.1) is 0 Å². The number of carbonyl (C=O) groups excluding carboxylic acids is 3. The third-order valence-corrected chi connectivity index (χ3v) is 10.8. The second-order valence-corrected chi connectivity index (χ2v) is 17.1. The highest BCUT2D eigenvalue weighted by Gasteiger charge is 2.19. The Morgan fingerprint density at radius 1 is 0.317 bits per heavy atom. The van der Waals surface area contributed by atoms with Crippen LogP contribution >= 0.6 is 0 Å². The van der Waals surface area contributed by atoms with Gasteiger partial charge in [-0.2, -0.15) is 0 Å². The molecular weight excluding hydrogens is 781 g/mol. The van der Waals surface area contributed by atoms with Crippen LogP contribution in [0.4, 0.5) is 0 Å². The molecule has 1 atom stereocenters. The molecular formula is C57H96O6. The summed E-state index contributed by atoms with van der Waals surface area (Å²) in [6, 6.07) is 0. The molecule has 63 heavy (non-hydrogen) atoms. The first-order chi connectivity index (χ1) is 31.0. The fourth-order valence-electron chi connectivity index (χ4n) is 6.86. The molecule has 360 valence electrons. The molecule has 0 amide bonds. The van der Waals surface area contributed by atoms with Gasteiger partial charge in [0.1, 0.15) is 13.2 Å². The molecule has 0 aromatic heterocycles. The van der Waals surface area contributed by atoms with Gasteiger partial charge in [-0.15, -0.1) is 0 Å². The van der Waals surface area contributed by atoms with Crippen LogP contribution < -0.4 is 0 Å². The maximum Gasteiger partial charge on any atom is 0.306 e. The SMILES string of the molecule is CCCC/C=C\CCCCCCCC(=O)O[C@@H](COC(=O)CCC/C=C\C/C=C\C/C=C\CCCCCCCC)COC(=O)CCCCCC/C=C\C/C=C\C/C=C\CCCCC. The Labute approximate surface area is 388 Å². The van der Waals surface area contributed by atoms with Gasteiger partial charge in [0.05, 0.1) is 0 Å². The molecule has 0 fully saturated rings. The van der Waals surface area contributed by atoms with Crippen molar-refractivity contribution in [1.82, 2.24) is 0 Å². The molecule has 0 aromatic carbocycles. The third-order valence-electron chi connectivity index (χ3n) is 10.8. The Bertz CT molecular complexity index is 1240. The Morgan fingerprint density at radius 2 is 0.603 bits per heavy atom. The van der Waals surface area contributed by atoms with E-state index in [1.807, 2.05) is 0 Å². The Morgan fingerprint density at radius 3 is 1.05 bits per heavy atom. The monoisotopic (exact) mass is 877 g/mol. The van der Waals surface area contributed by atoms with E-state index < -0.39 is 6.10 Å². The summed E-state index contributed by atoms with van der Waals surface area (Å²) in [6.07, 6.45) is 65.7. The Hall–Kier alpha value is -3.41. The van der Waals surface area contributed by atoms with Gasteiger partial charge in [-0.05, 0) is 109 Å². The van der Waals surface area contributed by atoms with Gasteiger partial charge in [0.25, 0.3) is 0 Å². The normalized spacial score (nSPS) is 12.7. The van der Waals surface area contributed by atoms with E-state index in [0.29, 0.717) is 19.3 Å². The largest absolute Gasteiger partial charge is 0.462 e. The summed E-state index contributed by atoms with van der Waals surface area (Å²) < 4.78 is 16.7. The number of ether oxygens (including phenoxy) is 3. The molecule has 6 heteroatoms. The fraction of sp³-hybridized carbons (Fsp3) is 0.702. The van der Waals surface area contributed by atoms with Crippen molar-refractivity contribution in [3.8, 4) is 0 Å². The van der Waals surface area contributed by atoms with Crippen molar-refractivity contribution >= 4 is 17.9 Å². The van der Waals surface area contributed by atoms with Crippen LogP contribution in [0.2, 0.25) is 0 Å². The first kappa shape index (κ1) is 59.6. The zero-order valence-corrected chi connectivity index (χ0v) is 41.1. The molecule has 0 aliphatic rings. The van der Waals surface area contributed by atoms with E-state index in [-0.39, 0.29) is 37.5 Å². The lowest BCUT2D eigenvalue weighted by atomic mass is 10.1. The lowest BCUT2D eigenvalue weighted by Gasteiger charge is -2.18. The van der Waals surface area contributed by atoms with E-state index in [2.05, 4.69) is 106 Å². The fourth-order valence-corrected chi connectivity index (χ4v) is 6.86. The molecule has 0 unspecified atom stereocenters. The van der Waals surface area contributed by atoms with Crippen molar-refractivity contribution in [2.24, 2.45) is 0 Å². The van der Waals surface area contributed by atoms with Crippen LogP contribution in [0.3, 0.4) is 0 Å². The lowest BCUT2D eigenvalue weighted by molar-refractivity contribution is -0.167. The molecule has 0 rings (SSSR count). The smallest absolute Gasteiger partial charge is 0.306 e. The first-order valence-electron chi connectivity index (χ1n) is 26.1. The number of carbonyl (C=O) groups is 3. The Balaban J connectivity index is 4.48. The van der Waals surface area contributed by atoms with Crippen molar-refractivity contribution in [3.63, 3.8) is 0 Å². The lowest BCUT2D eigenvalue weighted by Crippen LogP contribution is -2.30.